The van der Waals surface area contributed by atoms with Gasteiger partial charge in [-0.2, -0.15) is 15.3 Å². The van der Waals surface area contributed by atoms with Gasteiger partial charge in [0.2, 0.25) is 0 Å². The maximum atomic E-state index is 14.8. The minimum absolute atomic E-state index is 0.254. The van der Waals surface area contributed by atoms with Crippen LogP contribution < -0.4 is 5.32 Å². The number of hydrogen-bond donors (Lipinski definition) is 1. The van der Waals surface area contributed by atoms with Gasteiger partial charge in [-0.25, -0.2) is 13.9 Å². The monoisotopic (exact) mass is 430 g/mol. The van der Waals surface area contributed by atoms with Gasteiger partial charge in [0.25, 0.3) is 0 Å². The molecule has 1 fully saturated rings. The van der Waals surface area contributed by atoms with Crippen molar-refractivity contribution in [3.8, 4) is 11.3 Å². The number of aryl methyl sites for hydroxylation is 1. The summed E-state index contributed by atoms with van der Waals surface area (Å²) >= 11 is 0. The molecule has 6 rings (SSSR count). The average Bonchev–Trinajstić information content (AvgIpc) is 3.55. The van der Waals surface area contributed by atoms with Crippen molar-refractivity contribution in [1.29, 1.82) is 0 Å². The van der Waals surface area contributed by atoms with Crippen LogP contribution in [0.5, 0.6) is 0 Å². The normalized spacial score (nSPS) is 15.2. The van der Waals surface area contributed by atoms with Crippen LogP contribution in [0.3, 0.4) is 0 Å². The summed E-state index contributed by atoms with van der Waals surface area (Å²) in [6.07, 6.45) is 9.99. The molecule has 0 amide bonds. The molecule has 4 aromatic heterocycles. The van der Waals surface area contributed by atoms with E-state index in [9.17, 15) is 4.39 Å². The second-order valence-electron chi connectivity index (χ2n) is 8.38. The Hall–Kier alpha value is -3.59. The summed E-state index contributed by atoms with van der Waals surface area (Å²) in [5, 5.41) is 17.9. The predicted octanol–water partition coefficient (Wildman–Crippen LogP) is 3.13. The summed E-state index contributed by atoms with van der Waals surface area (Å²) in [5.41, 5.74) is 4.72. The fourth-order valence-electron chi connectivity index (χ4n) is 4.49. The lowest BCUT2D eigenvalue weighted by Gasteiger charge is -2.22. The van der Waals surface area contributed by atoms with Gasteiger partial charge in [0.1, 0.15) is 5.82 Å². The van der Waals surface area contributed by atoms with Crippen LogP contribution in [0, 0.1) is 5.82 Å². The van der Waals surface area contributed by atoms with Gasteiger partial charge in [0.05, 0.1) is 41.5 Å². The van der Waals surface area contributed by atoms with E-state index in [0.717, 1.165) is 59.4 Å². The number of hydrogen-bond acceptors (Lipinski definition) is 5. The molecule has 8 nitrogen and oxygen atoms in total. The van der Waals surface area contributed by atoms with Gasteiger partial charge in [0, 0.05) is 36.7 Å². The third kappa shape index (κ3) is 3.25. The lowest BCUT2D eigenvalue weighted by molar-refractivity contribution is 0.343. The molecule has 1 aromatic carbocycles. The van der Waals surface area contributed by atoms with Crippen molar-refractivity contribution in [3.05, 3.63) is 66.1 Å². The van der Waals surface area contributed by atoms with Crippen LogP contribution in [0.15, 0.2) is 49.1 Å². The van der Waals surface area contributed by atoms with Crippen LogP contribution in [-0.2, 0) is 13.5 Å². The molecule has 9 heteroatoms. The maximum absolute atomic E-state index is 14.8. The first-order valence-electron chi connectivity index (χ1n) is 10.8. The van der Waals surface area contributed by atoms with E-state index in [2.05, 4.69) is 31.4 Å². The first-order chi connectivity index (χ1) is 15.7. The predicted molar refractivity (Wildman–Crippen MR) is 119 cm³/mol. The summed E-state index contributed by atoms with van der Waals surface area (Å²) in [6, 6.07) is 7.70. The first-order valence-corrected chi connectivity index (χ1v) is 10.8. The summed E-state index contributed by atoms with van der Waals surface area (Å²) in [5.74, 6) is -0.254. The Balaban J connectivity index is 1.33. The van der Waals surface area contributed by atoms with Gasteiger partial charge in [-0.05, 0) is 49.7 Å². The van der Waals surface area contributed by atoms with Crippen LogP contribution in [0.25, 0.3) is 27.8 Å². The molecule has 162 valence electrons. The molecule has 1 aliphatic rings. The Morgan fingerprint density at radius 1 is 1.09 bits per heavy atom. The third-order valence-corrected chi connectivity index (χ3v) is 6.30. The topological polar surface area (TPSA) is 77.9 Å². The second kappa shape index (κ2) is 7.52. The second-order valence-corrected chi connectivity index (χ2v) is 8.38. The highest BCUT2D eigenvalue weighted by molar-refractivity contribution is 5.79. The number of aromatic nitrogens is 7. The van der Waals surface area contributed by atoms with Gasteiger partial charge in [-0.3, -0.25) is 9.36 Å². The molecule has 5 heterocycles. The van der Waals surface area contributed by atoms with E-state index in [1.807, 2.05) is 31.4 Å². The Bertz CT molecular complexity index is 1420. The zero-order chi connectivity index (χ0) is 21.7. The van der Waals surface area contributed by atoms with Crippen LogP contribution >= 0.6 is 0 Å². The van der Waals surface area contributed by atoms with Crippen molar-refractivity contribution < 1.29 is 4.39 Å². The molecular formula is C23H23FN8. The highest BCUT2D eigenvalue weighted by Gasteiger charge is 2.17. The smallest absolute Gasteiger partial charge is 0.153 e. The summed E-state index contributed by atoms with van der Waals surface area (Å²) < 4.78 is 20.3. The zero-order valence-corrected chi connectivity index (χ0v) is 17.7. The van der Waals surface area contributed by atoms with E-state index in [0.29, 0.717) is 18.0 Å². The van der Waals surface area contributed by atoms with E-state index in [1.165, 1.54) is 6.07 Å². The molecule has 1 aliphatic heterocycles. The number of piperidine rings is 1. The van der Waals surface area contributed by atoms with Crippen molar-refractivity contribution in [2.75, 3.05) is 13.1 Å². The van der Waals surface area contributed by atoms with Crippen LogP contribution in [0.4, 0.5) is 4.39 Å². The molecule has 0 unspecified atom stereocenters. The number of nitrogens with zero attached hydrogens (tertiary/aromatic N) is 7. The molecule has 0 aliphatic carbocycles. The Labute approximate surface area is 183 Å². The largest absolute Gasteiger partial charge is 0.317 e. The van der Waals surface area contributed by atoms with Crippen molar-refractivity contribution >= 4 is 16.6 Å². The minimum atomic E-state index is -0.254. The number of imidazole rings is 1. The van der Waals surface area contributed by atoms with Crippen LogP contribution in [0.2, 0.25) is 0 Å². The van der Waals surface area contributed by atoms with Gasteiger partial charge in [-0.1, -0.05) is 0 Å². The Morgan fingerprint density at radius 3 is 2.84 bits per heavy atom. The molecule has 0 atom stereocenters. The van der Waals surface area contributed by atoms with Gasteiger partial charge in [-0.15, -0.1) is 0 Å². The van der Waals surface area contributed by atoms with Gasteiger partial charge >= 0.3 is 0 Å². The molecule has 5 aromatic rings. The molecule has 32 heavy (non-hydrogen) atoms. The third-order valence-electron chi connectivity index (χ3n) is 6.30. The quantitative estimate of drug-likeness (QED) is 0.474. The molecule has 1 saturated heterocycles. The SMILES string of the molecule is Cn1ncc2cc(Cc3cnc4ccc(-c5cnn(C6CCNCC6)c5)nn34)c(F)cc21. The van der Waals surface area contributed by atoms with Crippen molar-refractivity contribution in [1.82, 2.24) is 39.5 Å². The van der Waals surface area contributed by atoms with Crippen LogP contribution in [-0.4, -0.2) is 47.2 Å². The van der Waals surface area contributed by atoms with E-state index >= 15 is 0 Å². The Kier molecular flexibility index (Phi) is 4.50. The summed E-state index contributed by atoms with van der Waals surface area (Å²) in [6.45, 7) is 2.04. The first kappa shape index (κ1) is 19.1. The number of fused-ring (bicyclic) bond motifs is 2. The molecule has 0 radical (unpaired) electrons. The minimum Gasteiger partial charge on any atom is -0.317 e. The molecule has 0 spiro atoms. The van der Waals surface area contributed by atoms with Gasteiger partial charge in [0.15, 0.2) is 5.65 Å². The highest BCUT2D eigenvalue weighted by Crippen LogP contribution is 2.24. The van der Waals surface area contributed by atoms with Crippen LogP contribution in [0.1, 0.15) is 30.1 Å². The highest BCUT2D eigenvalue weighted by atomic mass is 19.1. The lowest BCUT2D eigenvalue weighted by Crippen LogP contribution is -2.29. The number of nitrogens with one attached hydrogen (secondary N) is 1. The van der Waals surface area contributed by atoms with Crippen molar-refractivity contribution in [3.63, 3.8) is 0 Å². The molecular weight excluding hydrogens is 407 g/mol. The average molecular weight is 430 g/mol. The van der Waals surface area contributed by atoms with Crippen molar-refractivity contribution in [2.45, 2.75) is 25.3 Å². The van der Waals surface area contributed by atoms with E-state index in [4.69, 9.17) is 5.10 Å². The van der Waals surface area contributed by atoms with E-state index in [-0.39, 0.29) is 5.82 Å². The lowest BCUT2D eigenvalue weighted by atomic mass is 10.1. The maximum Gasteiger partial charge on any atom is 0.153 e. The fraction of sp³-hybridized carbons (Fsp3) is 0.304. The number of rotatable bonds is 4. The molecule has 0 bridgehead atoms. The van der Waals surface area contributed by atoms with E-state index < -0.39 is 0 Å². The molecule has 1 N–H and O–H groups in total. The van der Waals surface area contributed by atoms with E-state index in [1.54, 1.807) is 21.6 Å². The molecule has 0 saturated carbocycles. The number of halogens is 1. The van der Waals surface area contributed by atoms with Crippen molar-refractivity contribution in [2.24, 2.45) is 7.05 Å². The Morgan fingerprint density at radius 2 is 1.97 bits per heavy atom. The fourth-order valence-corrected chi connectivity index (χ4v) is 4.49. The standard InChI is InChI=1S/C23H23FN8/c1-30-22-10-20(24)15(8-16(22)11-27-30)9-19-13-26-23-3-2-21(29-32(19)23)17-12-28-31(14-17)18-4-6-25-7-5-18/h2-3,8,10-14,18,25H,4-7,9H2,1H3. The number of benzene rings is 1. The summed E-state index contributed by atoms with van der Waals surface area (Å²) in [4.78, 5) is 4.46. The van der Waals surface area contributed by atoms with Gasteiger partial charge < -0.3 is 5.32 Å². The zero-order valence-electron chi connectivity index (χ0n) is 17.7. The summed E-state index contributed by atoms with van der Waals surface area (Å²) in [7, 11) is 1.81.